The monoisotopic (exact) mass is 1900 g/mol. The van der Waals surface area contributed by atoms with Crippen molar-refractivity contribution < 1.29 is 127 Å². The van der Waals surface area contributed by atoms with Gasteiger partial charge in [0.2, 0.25) is 94.5 Å². The van der Waals surface area contributed by atoms with Crippen molar-refractivity contribution in [2.45, 2.75) is 262 Å². The molecule has 24 N–H and O–H groups in total. The van der Waals surface area contributed by atoms with E-state index in [-0.39, 0.29) is 55.0 Å². The first kappa shape index (κ1) is 111. The maximum Gasteiger partial charge on any atom is 0.305 e. The lowest BCUT2D eigenvalue weighted by atomic mass is 10.0. The molecule has 4 aromatic heterocycles. The number of benzene rings is 1. The fraction of sp³-hybridized carbons (Fsp3) is 0.565. The van der Waals surface area contributed by atoms with Gasteiger partial charge in [0.25, 0.3) is 0 Å². The molecule has 0 unspecified atom stereocenters. The van der Waals surface area contributed by atoms with Crippen LogP contribution in [0.1, 0.15) is 149 Å². The zero-order chi connectivity index (χ0) is 101. The van der Waals surface area contributed by atoms with Gasteiger partial charge in [-0.3, -0.25) is 91.1 Å². The minimum absolute atomic E-state index is 0.107. The molecule has 0 radical (unpaired) electrons. The quantitative estimate of drug-likeness (QED) is 0.0172. The van der Waals surface area contributed by atoms with Gasteiger partial charge in [-0.15, -0.1) is 0 Å². The number of amides is 16. The summed E-state index contributed by atoms with van der Waals surface area (Å²) in [5.74, 6) is -24.1. The SMILES string of the molecule is CC(=O)N[C@@H](Cc1cncn1C)C(=O)N[C@@H](CCC(=O)O)C(=O)N[C@@H](CC(C)C)C(=O)N[C@H](C(=O)N[C@@H](Cc1cncn1C)C(=O)N[C@@H](C)C(=O)N[C@H](C(=O)N[C@H](C(=O)N[C@@H](CC(=O)O)C(=O)N[C@@H](Cc1ccc(O)cc1)C(=O)N[C@@H](Cc1cncn1C)C(=O)N[C@@H](CCC(=O)O)C(=O)N[C@@H](CC(C)C)C(=O)N[C@H](C(=O)N[C@@H](Cc1cncn1C)C(N)=O)[C@@H](C)O)[C@@H](C)O)C(C)C)[C@@H](C)O. The summed E-state index contributed by atoms with van der Waals surface area (Å²) in [5.41, 5.74) is 7.35. The number of aliphatic carboxylic acids is 3. The van der Waals surface area contributed by atoms with Crippen LogP contribution < -0.4 is 85.5 Å². The Labute approximate surface area is 776 Å². The highest BCUT2D eigenvalue weighted by molar-refractivity contribution is 6.02. The topological polar surface area (TPSA) is 744 Å². The van der Waals surface area contributed by atoms with E-state index in [1.54, 1.807) is 58.0 Å². The summed E-state index contributed by atoms with van der Waals surface area (Å²) in [6, 6.07) is -20.8. The number of nitrogens with zero attached hydrogens (tertiary/aromatic N) is 8. The van der Waals surface area contributed by atoms with Crippen LogP contribution in [-0.4, -0.2) is 295 Å². The molecule has 1 aromatic carbocycles. The average Bonchev–Trinajstić information content (AvgIpc) is 1.83. The van der Waals surface area contributed by atoms with Crippen LogP contribution in [0.4, 0.5) is 0 Å². The van der Waals surface area contributed by atoms with Gasteiger partial charge in [0, 0.05) is 128 Å². The van der Waals surface area contributed by atoms with Gasteiger partial charge in [-0.2, -0.15) is 0 Å². The van der Waals surface area contributed by atoms with Crippen molar-refractivity contribution in [3.05, 3.63) is 103 Å². The summed E-state index contributed by atoms with van der Waals surface area (Å²) in [7, 11) is 6.32. The van der Waals surface area contributed by atoms with Gasteiger partial charge >= 0.3 is 17.9 Å². The molecule has 50 nitrogen and oxygen atoms in total. The zero-order valence-corrected chi connectivity index (χ0v) is 77.6. The number of rotatable bonds is 56. The normalized spacial score (nSPS) is 15.3. The number of hydrogen-bond acceptors (Lipinski definition) is 27. The van der Waals surface area contributed by atoms with E-state index in [1.807, 2.05) is 0 Å². The Kier molecular flexibility index (Phi) is 43.5. The number of phenols is 1. The molecule has 0 aliphatic heterocycles. The zero-order valence-electron chi connectivity index (χ0n) is 77.6. The maximum absolute atomic E-state index is 15.0. The number of aliphatic hydroxyl groups excluding tert-OH is 3. The van der Waals surface area contributed by atoms with E-state index in [2.05, 4.69) is 99.7 Å². The van der Waals surface area contributed by atoms with E-state index in [4.69, 9.17) is 5.73 Å². The van der Waals surface area contributed by atoms with E-state index < -0.39 is 278 Å². The predicted molar refractivity (Wildman–Crippen MR) is 474 cm³/mol. The molecule has 0 spiro atoms. The maximum atomic E-state index is 15.0. The Morgan fingerprint density at radius 3 is 0.919 bits per heavy atom. The molecular formula is C85H126N24O26. The molecule has 0 aliphatic rings. The van der Waals surface area contributed by atoms with E-state index in [9.17, 15) is 127 Å². The van der Waals surface area contributed by atoms with Crippen LogP contribution in [0.5, 0.6) is 5.75 Å². The van der Waals surface area contributed by atoms with Crippen LogP contribution in [0, 0.1) is 17.8 Å². The van der Waals surface area contributed by atoms with Gasteiger partial charge in [0.05, 0.1) is 50.0 Å². The number of imidazole rings is 4. The molecule has 0 saturated carbocycles. The summed E-state index contributed by atoms with van der Waals surface area (Å²) in [4.78, 5) is 279. The molecule has 5 aromatic rings. The highest BCUT2D eigenvalue weighted by atomic mass is 16.4. The average molecular weight is 1900 g/mol. The van der Waals surface area contributed by atoms with Crippen molar-refractivity contribution in [3.63, 3.8) is 0 Å². The van der Waals surface area contributed by atoms with Crippen LogP contribution in [0.2, 0.25) is 0 Å². The fourth-order valence-electron chi connectivity index (χ4n) is 13.8. The summed E-state index contributed by atoms with van der Waals surface area (Å²) in [6.45, 7) is 15.2. The predicted octanol–water partition coefficient (Wildman–Crippen LogP) is -7.27. The third-order valence-electron chi connectivity index (χ3n) is 21.4. The molecule has 18 atom stereocenters. The van der Waals surface area contributed by atoms with Crippen LogP contribution in [-0.2, 0) is 151 Å². The number of carbonyl (C=O) groups excluding carboxylic acids is 16. The van der Waals surface area contributed by atoms with Crippen molar-refractivity contribution in [1.82, 2.24) is 118 Å². The second-order valence-electron chi connectivity index (χ2n) is 34.2. The molecule has 0 fully saturated rings. The fourth-order valence-corrected chi connectivity index (χ4v) is 13.8. The molecule has 50 heteroatoms. The molecule has 135 heavy (non-hydrogen) atoms. The number of nitrogens with one attached hydrogen (secondary N) is 15. The van der Waals surface area contributed by atoms with Crippen molar-refractivity contribution >= 4 is 112 Å². The minimum Gasteiger partial charge on any atom is -0.508 e. The van der Waals surface area contributed by atoms with Gasteiger partial charge in [0.15, 0.2) is 0 Å². The number of phenolic OH excluding ortho intramolecular Hbond substituents is 1. The Bertz CT molecular complexity index is 4980. The van der Waals surface area contributed by atoms with Gasteiger partial charge in [-0.25, -0.2) is 19.9 Å². The minimum atomic E-state index is -2.20. The van der Waals surface area contributed by atoms with Crippen molar-refractivity contribution in [2.75, 3.05) is 0 Å². The highest BCUT2D eigenvalue weighted by Crippen LogP contribution is 2.18. The summed E-state index contributed by atoms with van der Waals surface area (Å²) < 4.78 is 6.05. The third kappa shape index (κ3) is 36.3. The number of carboxylic acids is 3. The molecule has 4 heterocycles. The number of nitrogens with two attached hydrogens (primary N) is 1. The Morgan fingerprint density at radius 1 is 0.326 bits per heavy atom. The lowest BCUT2D eigenvalue weighted by molar-refractivity contribution is -0.142. The molecule has 0 aliphatic carbocycles. The first-order chi connectivity index (χ1) is 63.2. The standard InChI is InChI=1S/C85H126N24O26/c1-40(2)24-57(80(130)103-68(44(8)110)83(133)95-56(71(86)121)27-49-32-87-36-106(49)12)97-74(124)55(21-23-65(117)118)94-78(128)62(30-52-35-90-39-109(52)15)99-76(126)59(26-48-16-18-53(114)19-17-48)98-79(129)63(31-66(119)120)101-85(135)70(46(10)112)105-82(132)67(42(5)6)102-72(122)43(7)91-75(125)61(29-51-34-89-38-108(51)14)100-84(134)69(45(9)111)104-81(131)58(25-41(3)4)96-73(123)54(20-22-64(115)116)93-77(127)60(92-47(11)113)28-50-33-88-37-107(50)13/h16-19,32-46,54-63,67-70,110-112,114H,20-31H2,1-15H3,(H2,86,121)(H,91,125)(H,92,113)(H,93,127)(H,94,128)(H,95,133)(H,96,123)(H,97,124)(H,98,129)(H,99,126)(H,100,134)(H,101,135)(H,102,122)(H,103,130)(H,104,131)(H,105,132)(H,115,116)(H,117,118)(H,119,120)/t43-,44+,45+,46+,54-,55-,56-,57-,58-,59-,60-,61-,62-,63-,67-,68-,69-,70-/m0/s1. The van der Waals surface area contributed by atoms with Crippen LogP contribution >= 0.6 is 0 Å². The number of hydrogen-bond donors (Lipinski definition) is 23. The largest absolute Gasteiger partial charge is 0.508 e. The smallest absolute Gasteiger partial charge is 0.305 e. The van der Waals surface area contributed by atoms with Gasteiger partial charge < -0.3 is 139 Å². The van der Waals surface area contributed by atoms with E-state index in [0.717, 1.165) is 27.7 Å². The lowest BCUT2D eigenvalue weighted by Gasteiger charge is -2.30. The third-order valence-corrected chi connectivity index (χ3v) is 21.4. The second kappa shape index (κ2) is 52.8. The number of carbonyl (C=O) groups is 19. The number of aromatic hydroxyl groups is 1. The molecule has 742 valence electrons. The Balaban J connectivity index is 1.36. The van der Waals surface area contributed by atoms with Crippen LogP contribution in [0.15, 0.2) is 74.4 Å². The first-order valence-electron chi connectivity index (χ1n) is 43.3. The van der Waals surface area contributed by atoms with E-state index >= 15 is 0 Å². The molecular weight excluding hydrogens is 1770 g/mol. The molecule has 0 saturated heterocycles. The van der Waals surface area contributed by atoms with Crippen molar-refractivity contribution in [3.8, 4) is 5.75 Å². The number of aryl methyl sites for hydroxylation is 4. The second-order valence-corrected chi connectivity index (χ2v) is 34.2. The summed E-state index contributed by atoms with van der Waals surface area (Å²) >= 11 is 0. The molecule has 16 amide bonds. The van der Waals surface area contributed by atoms with Gasteiger partial charge in [-0.05, 0) is 88.8 Å². The number of aliphatic hydroxyl groups is 3. The molecule has 0 bridgehead atoms. The van der Waals surface area contributed by atoms with Crippen LogP contribution in [0.25, 0.3) is 0 Å². The summed E-state index contributed by atoms with van der Waals surface area (Å²) in [5, 5.41) is 109. The number of carboxylic acid groups (broad SMARTS) is 3. The first-order valence-corrected chi connectivity index (χ1v) is 43.3. The number of primary amides is 1. The summed E-state index contributed by atoms with van der Waals surface area (Å²) in [6.07, 6.45) is -0.0251. The van der Waals surface area contributed by atoms with Crippen LogP contribution in [0.3, 0.4) is 0 Å². The number of aromatic nitrogens is 8. The highest BCUT2D eigenvalue weighted by Gasteiger charge is 2.42. The molecule has 5 rings (SSSR count). The Hall–Kier alpha value is -14.3. The lowest BCUT2D eigenvalue weighted by Crippen LogP contribution is -2.63. The Morgan fingerprint density at radius 2 is 0.600 bits per heavy atom. The van der Waals surface area contributed by atoms with Gasteiger partial charge in [-0.1, -0.05) is 53.7 Å². The van der Waals surface area contributed by atoms with Crippen molar-refractivity contribution in [1.29, 1.82) is 0 Å². The van der Waals surface area contributed by atoms with E-state index in [1.165, 1.54) is 111 Å². The van der Waals surface area contributed by atoms with Crippen molar-refractivity contribution in [2.24, 2.45) is 51.7 Å². The van der Waals surface area contributed by atoms with E-state index in [0.29, 0.717) is 17.1 Å². The van der Waals surface area contributed by atoms with Gasteiger partial charge in [0.1, 0.15) is 96.4 Å².